The van der Waals surface area contributed by atoms with E-state index < -0.39 is 5.25 Å². The first-order valence-electron chi connectivity index (χ1n) is 8.18. The van der Waals surface area contributed by atoms with Gasteiger partial charge in [-0.3, -0.25) is 14.5 Å². The Kier molecular flexibility index (Phi) is 6.38. The zero-order valence-corrected chi connectivity index (χ0v) is 17.8. The van der Waals surface area contributed by atoms with E-state index in [-0.39, 0.29) is 18.2 Å². The van der Waals surface area contributed by atoms with Gasteiger partial charge in [-0.15, -0.1) is 0 Å². The van der Waals surface area contributed by atoms with E-state index in [2.05, 4.69) is 32.9 Å². The zero-order chi connectivity index (χ0) is 19.4. The summed E-state index contributed by atoms with van der Waals surface area (Å²) in [6.07, 6.45) is 0.0801. The van der Waals surface area contributed by atoms with Crippen LogP contribution < -0.4 is 10.1 Å². The maximum Gasteiger partial charge on any atom is 0.242 e. The molecule has 2 aromatic rings. The van der Waals surface area contributed by atoms with Gasteiger partial charge in [0.2, 0.25) is 11.8 Å². The largest absolute Gasteiger partial charge is 0.497 e. The third kappa shape index (κ3) is 5.01. The first kappa shape index (κ1) is 19.7. The molecule has 0 radical (unpaired) electrons. The SMILES string of the molecule is COc1cccc(NC(=O)C[C@H]2SC(=Nc3ccc(I)cc3)N(C)C2=O)c1. The Morgan fingerprint density at radius 2 is 2.04 bits per heavy atom. The molecule has 1 fully saturated rings. The molecule has 1 saturated heterocycles. The molecule has 0 aromatic heterocycles. The molecule has 1 N–H and O–H groups in total. The first-order chi connectivity index (χ1) is 13.0. The summed E-state index contributed by atoms with van der Waals surface area (Å²) < 4.78 is 6.26. The highest BCUT2D eigenvalue weighted by molar-refractivity contribution is 14.1. The number of nitrogens with one attached hydrogen (secondary N) is 1. The molecule has 1 aliphatic heterocycles. The van der Waals surface area contributed by atoms with Crippen LogP contribution in [0.15, 0.2) is 53.5 Å². The van der Waals surface area contributed by atoms with Gasteiger partial charge in [0.25, 0.3) is 0 Å². The van der Waals surface area contributed by atoms with E-state index >= 15 is 0 Å². The Labute approximate surface area is 175 Å². The number of amidine groups is 1. The molecule has 1 aliphatic rings. The van der Waals surface area contributed by atoms with Gasteiger partial charge in [0.1, 0.15) is 11.0 Å². The Balaban J connectivity index is 1.65. The molecule has 3 rings (SSSR count). The Bertz CT molecular complexity index is 886. The van der Waals surface area contributed by atoms with Crippen molar-refractivity contribution in [2.45, 2.75) is 11.7 Å². The Morgan fingerprint density at radius 3 is 2.74 bits per heavy atom. The Hall–Kier alpha value is -2.07. The van der Waals surface area contributed by atoms with E-state index in [4.69, 9.17) is 4.74 Å². The van der Waals surface area contributed by atoms with Crippen molar-refractivity contribution >= 4 is 62.7 Å². The number of amides is 2. The standard InChI is InChI=1S/C19H18IN3O3S/c1-23-18(25)16(27-19(23)22-13-8-6-12(20)7-9-13)11-17(24)21-14-4-3-5-15(10-14)26-2/h3-10,16H,11H2,1-2H3,(H,21,24)/t16-/m1/s1. The smallest absolute Gasteiger partial charge is 0.242 e. The molecule has 0 unspecified atom stereocenters. The predicted molar refractivity (Wildman–Crippen MR) is 117 cm³/mol. The van der Waals surface area contributed by atoms with Crippen LogP contribution in [-0.4, -0.2) is 41.3 Å². The minimum Gasteiger partial charge on any atom is -0.497 e. The lowest BCUT2D eigenvalue weighted by Crippen LogP contribution is -2.30. The third-order valence-corrected chi connectivity index (χ3v) is 5.86. The summed E-state index contributed by atoms with van der Waals surface area (Å²) in [7, 11) is 3.25. The van der Waals surface area contributed by atoms with Crippen molar-refractivity contribution in [3.05, 3.63) is 52.1 Å². The van der Waals surface area contributed by atoms with Crippen molar-refractivity contribution in [1.29, 1.82) is 0 Å². The molecule has 1 heterocycles. The highest BCUT2D eigenvalue weighted by atomic mass is 127. The maximum absolute atomic E-state index is 12.5. The average Bonchev–Trinajstić information content (AvgIpc) is 2.91. The fourth-order valence-electron chi connectivity index (χ4n) is 2.50. The van der Waals surface area contributed by atoms with Crippen LogP contribution in [0.3, 0.4) is 0 Å². The average molecular weight is 495 g/mol. The predicted octanol–water partition coefficient (Wildman–Crippen LogP) is 3.89. The maximum atomic E-state index is 12.5. The van der Waals surface area contributed by atoms with Gasteiger partial charge in [-0.1, -0.05) is 17.8 Å². The summed E-state index contributed by atoms with van der Waals surface area (Å²) in [5.41, 5.74) is 1.41. The van der Waals surface area contributed by atoms with Crippen LogP contribution in [0, 0.1) is 3.57 Å². The van der Waals surface area contributed by atoms with Gasteiger partial charge in [-0.2, -0.15) is 0 Å². The number of aliphatic imine (C=N–C) groups is 1. The number of nitrogens with zero attached hydrogens (tertiary/aromatic N) is 2. The van der Waals surface area contributed by atoms with E-state index in [9.17, 15) is 9.59 Å². The molecule has 2 amide bonds. The molecule has 0 spiro atoms. The van der Waals surface area contributed by atoms with Gasteiger partial charge < -0.3 is 10.1 Å². The van der Waals surface area contributed by atoms with Gasteiger partial charge in [0, 0.05) is 28.8 Å². The first-order valence-corrected chi connectivity index (χ1v) is 10.1. The molecule has 1 atom stereocenters. The van der Waals surface area contributed by atoms with E-state index in [0.29, 0.717) is 16.6 Å². The summed E-state index contributed by atoms with van der Waals surface area (Å²) in [4.78, 5) is 30.9. The second-order valence-corrected chi connectivity index (χ2v) is 8.27. The topological polar surface area (TPSA) is 71.0 Å². The van der Waals surface area contributed by atoms with E-state index in [1.807, 2.05) is 24.3 Å². The van der Waals surface area contributed by atoms with E-state index in [1.165, 1.54) is 16.7 Å². The number of carbonyl (C=O) groups is 2. The van der Waals surface area contributed by atoms with Crippen molar-refractivity contribution < 1.29 is 14.3 Å². The molecule has 27 heavy (non-hydrogen) atoms. The number of halogens is 1. The van der Waals surface area contributed by atoms with Gasteiger partial charge in [0.15, 0.2) is 5.17 Å². The summed E-state index contributed by atoms with van der Waals surface area (Å²) in [5, 5.41) is 2.92. The molecule has 8 heteroatoms. The number of ether oxygens (including phenoxy) is 1. The molecule has 2 aromatic carbocycles. The lowest BCUT2D eigenvalue weighted by molar-refractivity contribution is -0.127. The number of hydrogen-bond acceptors (Lipinski definition) is 5. The monoisotopic (exact) mass is 495 g/mol. The number of hydrogen-bond donors (Lipinski definition) is 1. The Morgan fingerprint density at radius 1 is 1.30 bits per heavy atom. The fourth-order valence-corrected chi connectivity index (χ4v) is 4.02. The number of anilines is 1. The summed E-state index contributed by atoms with van der Waals surface area (Å²) >= 11 is 3.54. The second kappa shape index (κ2) is 8.75. The molecule has 0 saturated carbocycles. The molecule has 140 valence electrons. The van der Waals surface area contributed by atoms with Crippen molar-refractivity contribution in [2.24, 2.45) is 4.99 Å². The van der Waals surface area contributed by atoms with Crippen molar-refractivity contribution in [2.75, 3.05) is 19.5 Å². The molecule has 0 aliphatic carbocycles. The van der Waals surface area contributed by atoms with Crippen LogP contribution in [0.4, 0.5) is 11.4 Å². The number of thioether (sulfide) groups is 1. The molecule has 0 bridgehead atoms. The second-order valence-electron chi connectivity index (χ2n) is 5.86. The van der Waals surface area contributed by atoms with Crippen LogP contribution in [0.25, 0.3) is 0 Å². The minimum absolute atomic E-state index is 0.0801. The number of rotatable bonds is 5. The normalized spacial score (nSPS) is 18.0. The van der Waals surface area contributed by atoms with Crippen molar-refractivity contribution in [3.8, 4) is 5.75 Å². The summed E-state index contributed by atoms with van der Waals surface area (Å²) in [5.74, 6) is 0.314. The van der Waals surface area contributed by atoms with E-state index in [1.54, 1.807) is 38.4 Å². The lowest BCUT2D eigenvalue weighted by atomic mass is 10.2. The van der Waals surface area contributed by atoms with Crippen LogP contribution in [-0.2, 0) is 9.59 Å². The van der Waals surface area contributed by atoms with Crippen molar-refractivity contribution in [1.82, 2.24) is 4.90 Å². The third-order valence-electron chi connectivity index (χ3n) is 3.92. The van der Waals surface area contributed by atoms with Crippen molar-refractivity contribution in [3.63, 3.8) is 0 Å². The van der Waals surface area contributed by atoms with Gasteiger partial charge in [-0.05, 0) is 59.0 Å². The zero-order valence-electron chi connectivity index (χ0n) is 14.8. The lowest BCUT2D eigenvalue weighted by Gasteiger charge is -2.10. The highest BCUT2D eigenvalue weighted by Gasteiger charge is 2.37. The number of carbonyl (C=O) groups excluding carboxylic acids is 2. The van der Waals surface area contributed by atoms with Crippen LogP contribution in [0.5, 0.6) is 5.75 Å². The summed E-state index contributed by atoms with van der Waals surface area (Å²) in [6.45, 7) is 0. The highest BCUT2D eigenvalue weighted by Crippen LogP contribution is 2.31. The molecular weight excluding hydrogens is 477 g/mol. The van der Waals surface area contributed by atoms with Crippen LogP contribution >= 0.6 is 34.4 Å². The number of benzene rings is 2. The van der Waals surface area contributed by atoms with Gasteiger partial charge in [-0.25, -0.2) is 4.99 Å². The van der Waals surface area contributed by atoms with Gasteiger partial charge in [0.05, 0.1) is 12.8 Å². The summed E-state index contributed by atoms with van der Waals surface area (Å²) in [6, 6.07) is 14.8. The molecular formula is C19H18IN3O3S. The fraction of sp³-hybridized carbons (Fsp3) is 0.211. The van der Waals surface area contributed by atoms with Crippen LogP contribution in [0.1, 0.15) is 6.42 Å². The quantitative estimate of drug-likeness (QED) is 0.640. The van der Waals surface area contributed by atoms with E-state index in [0.717, 1.165) is 9.26 Å². The minimum atomic E-state index is -0.483. The van der Waals surface area contributed by atoms with Crippen LogP contribution in [0.2, 0.25) is 0 Å². The van der Waals surface area contributed by atoms with Gasteiger partial charge >= 0.3 is 0 Å². The number of methoxy groups -OCH3 is 1. The molecule has 6 nitrogen and oxygen atoms in total.